The van der Waals surface area contributed by atoms with Crippen molar-refractivity contribution >= 4 is 27.2 Å². The summed E-state index contributed by atoms with van der Waals surface area (Å²) in [5.74, 6) is 0. The van der Waals surface area contributed by atoms with Crippen molar-refractivity contribution in [1.82, 2.24) is 0 Å². The largest absolute Gasteiger partial charge is 0.466 e. The molecule has 1 rings (SSSR count). The van der Waals surface area contributed by atoms with Crippen LogP contribution in [-0.2, 0) is 19.4 Å². The average Bonchev–Trinajstić information content (AvgIpc) is 2.52. The van der Waals surface area contributed by atoms with Gasteiger partial charge < -0.3 is 25.2 Å². The number of allylic oxidation sites excluding steroid dienone is 1. The van der Waals surface area contributed by atoms with Gasteiger partial charge in [0.15, 0.2) is 0 Å². The third kappa shape index (κ3) is 6.64. The minimum absolute atomic E-state index is 0.0683. The first-order valence-corrected chi connectivity index (χ1v) is 9.25. The van der Waals surface area contributed by atoms with Gasteiger partial charge in [-0.2, -0.15) is 8.42 Å². The van der Waals surface area contributed by atoms with Crippen molar-refractivity contribution in [2.24, 2.45) is 5.16 Å². The Morgan fingerprint density at radius 1 is 1.29 bits per heavy atom. The lowest BCUT2D eigenvalue weighted by Gasteiger charge is -2.39. The predicted molar refractivity (Wildman–Crippen MR) is 85.5 cm³/mol. The van der Waals surface area contributed by atoms with Crippen LogP contribution in [0.1, 0.15) is 19.3 Å². The first-order chi connectivity index (χ1) is 11.2. The Kier molecular flexibility index (Phi) is 8.59. The minimum Gasteiger partial charge on any atom is -0.394 e. The highest BCUT2D eigenvalue weighted by Crippen LogP contribution is 2.30. The molecular weight excluding hydrogens is 366 g/mol. The molecule has 24 heavy (non-hydrogen) atoms. The minimum atomic E-state index is -4.79. The zero-order valence-corrected chi connectivity index (χ0v) is 14.3. The topological polar surface area (TPSA) is 166 Å². The highest BCUT2D eigenvalue weighted by Gasteiger charge is 2.44. The first kappa shape index (κ1) is 21.3. The quantitative estimate of drug-likeness (QED) is 0.0871. The first-order valence-electron chi connectivity index (χ1n) is 7.00. The van der Waals surface area contributed by atoms with Crippen molar-refractivity contribution in [1.29, 1.82) is 0 Å². The molecule has 0 aromatic carbocycles. The number of oxime groups is 1. The van der Waals surface area contributed by atoms with Crippen LogP contribution in [-0.4, -0.2) is 74.9 Å². The van der Waals surface area contributed by atoms with Crippen molar-refractivity contribution in [3.63, 3.8) is 0 Å². The molecule has 0 radical (unpaired) electrons. The maximum Gasteiger partial charge on any atom is 0.466 e. The fourth-order valence-corrected chi connectivity index (χ4v) is 3.25. The van der Waals surface area contributed by atoms with Gasteiger partial charge in [0.2, 0.25) is 0 Å². The monoisotopic (exact) mass is 387 g/mol. The zero-order chi connectivity index (χ0) is 18.3. The molecule has 0 spiro atoms. The van der Waals surface area contributed by atoms with Crippen LogP contribution in [0.15, 0.2) is 17.8 Å². The Bertz CT molecular complexity index is 537. The third-order valence-electron chi connectivity index (χ3n) is 3.13. The number of hydrogen-bond donors (Lipinski definition) is 5. The molecule has 1 saturated heterocycles. The zero-order valence-electron chi connectivity index (χ0n) is 12.6. The molecule has 12 heteroatoms. The summed E-state index contributed by atoms with van der Waals surface area (Å²) in [6.07, 6.45) is -2.69. The average molecular weight is 387 g/mol. The fourth-order valence-electron chi connectivity index (χ4n) is 1.91. The van der Waals surface area contributed by atoms with Gasteiger partial charge in [-0.1, -0.05) is 23.0 Å². The molecule has 1 heterocycles. The van der Waals surface area contributed by atoms with E-state index in [1.54, 1.807) is 6.08 Å². The molecule has 0 aromatic rings. The van der Waals surface area contributed by atoms with E-state index in [1.165, 1.54) is 0 Å². The molecule has 1 aliphatic heterocycles. The Labute approximate surface area is 143 Å². The second kappa shape index (κ2) is 9.68. The van der Waals surface area contributed by atoms with E-state index >= 15 is 0 Å². The van der Waals surface area contributed by atoms with Gasteiger partial charge in [-0.05, 0) is 19.3 Å². The maximum absolute atomic E-state index is 10.6. The van der Waals surface area contributed by atoms with E-state index < -0.39 is 46.9 Å². The molecular formula is C12H21NO9S2. The van der Waals surface area contributed by atoms with E-state index in [0.29, 0.717) is 12.8 Å². The van der Waals surface area contributed by atoms with Crippen molar-refractivity contribution in [3.05, 3.63) is 12.7 Å². The number of rotatable bonds is 8. The number of thioether (sulfide) groups is 1. The van der Waals surface area contributed by atoms with Crippen molar-refractivity contribution in [3.8, 4) is 0 Å². The second-order valence-electron chi connectivity index (χ2n) is 4.98. The summed E-state index contributed by atoms with van der Waals surface area (Å²) in [6.45, 7) is 2.95. The molecule has 1 fully saturated rings. The van der Waals surface area contributed by atoms with E-state index in [9.17, 15) is 23.7 Å². The van der Waals surface area contributed by atoms with Gasteiger partial charge in [0.1, 0.15) is 34.9 Å². The lowest BCUT2D eigenvalue weighted by molar-refractivity contribution is -0.205. The van der Waals surface area contributed by atoms with Crippen LogP contribution in [0, 0.1) is 0 Å². The van der Waals surface area contributed by atoms with Crippen LogP contribution < -0.4 is 0 Å². The van der Waals surface area contributed by atoms with Crippen LogP contribution in [0.5, 0.6) is 0 Å². The van der Waals surface area contributed by atoms with Crippen molar-refractivity contribution in [2.45, 2.75) is 49.1 Å². The molecule has 0 amide bonds. The van der Waals surface area contributed by atoms with E-state index in [1.807, 2.05) is 0 Å². The molecule has 0 aromatic heterocycles. The van der Waals surface area contributed by atoms with Gasteiger partial charge >= 0.3 is 10.4 Å². The summed E-state index contributed by atoms with van der Waals surface area (Å²) in [6, 6.07) is 0. The van der Waals surface area contributed by atoms with E-state index in [-0.39, 0.29) is 11.5 Å². The van der Waals surface area contributed by atoms with Gasteiger partial charge in [-0.15, -0.1) is 6.58 Å². The maximum atomic E-state index is 10.6. The number of unbranched alkanes of at least 4 members (excludes halogenated alkanes) is 1. The van der Waals surface area contributed by atoms with E-state index in [0.717, 1.165) is 11.8 Å². The van der Waals surface area contributed by atoms with Crippen molar-refractivity contribution in [2.75, 3.05) is 6.61 Å². The smallest absolute Gasteiger partial charge is 0.394 e. The summed E-state index contributed by atoms with van der Waals surface area (Å²) in [5.41, 5.74) is -1.13. The van der Waals surface area contributed by atoms with Crippen LogP contribution in [0.25, 0.3) is 0 Å². The lowest BCUT2D eigenvalue weighted by atomic mass is 10.0. The number of aliphatic hydroxyl groups excluding tert-OH is 4. The Morgan fingerprint density at radius 2 is 1.96 bits per heavy atom. The fraction of sp³-hybridized carbons (Fsp3) is 0.750. The number of ether oxygens (including phenoxy) is 1. The summed E-state index contributed by atoms with van der Waals surface area (Å²) in [4.78, 5) is 0. The van der Waals surface area contributed by atoms with Gasteiger partial charge in [-0.3, -0.25) is 4.55 Å². The van der Waals surface area contributed by atoms with Crippen LogP contribution >= 0.6 is 11.8 Å². The third-order valence-corrected chi connectivity index (χ3v) is 4.57. The van der Waals surface area contributed by atoms with Crippen LogP contribution in [0.3, 0.4) is 0 Å². The second-order valence-corrected chi connectivity index (χ2v) is 7.16. The summed E-state index contributed by atoms with van der Waals surface area (Å²) < 4.78 is 39.1. The van der Waals surface area contributed by atoms with E-state index in [4.69, 9.17) is 14.4 Å². The molecule has 0 bridgehead atoms. The van der Waals surface area contributed by atoms with Gasteiger partial charge in [-0.25, -0.2) is 4.28 Å². The Morgan fingerprint density at radius 3 is 2.50 bits per heavy atom. The molecule has 10 nitrogen and oxygen atoms in total. The molecule has 0 unspecified atom stereocenters. The molecule has 140 valence electrons. The Balaban J connectivity index is 2.84. The highest BCUT2D eigenvalue weighted by atomic mass is 32.3. The SMILES string of the molecule is C=CCCCC(=NOS(=O)(=O)O)S[C@@H]1O[C@H](CO)[C@H](O)[C@H](O)[C@H]1O. The molecule has 1 aliphatic rings. The Hall–Kier alpha value is -0.730. The predicted octanol–water partition coefficient (Wildman–Crippen LogP) is -0.991. The van der Waals surface area contributed by atoms with Crippen molar-refractivity contribution < 1.29 is 42.4 Å². The number of hydrogen-bond acceptors (Lipinski definition) is 10. The van der Waals surface area contributed by atoms with Gasteiger partial charge in [0.25, 0.3) is 0 Å². The standard InChI is InChI=1S/C12H21NO9S2/c1-2-3-4-5-8(13-22-24(18,19)20)23-12-11(17)10(16)9(15)7(6-14)21-12/h2,7,9-12,14-17H,1,3-6H2,(H,18,19,20)/t7-,9+,10+,11-,12+/m1/s1. The normalized spacial score (nSPS) is 31.7. The highest BCUT2D eigenvalue weighted by molar-refractivity contribution is 8.14. The molecule has 5 atom stereocenters. The molecule has 5 N–H and O–H groups in total. The number of aliphatic hydroxyl groups is 4. The van der Waals surface area contributed by atoms with Crippen LogP contribution in [0.4, 0.5) is 0 Å². The summed E-state index contributed by atoms with van der Waals surface area (Å²) in [7, 11) is -4.79. The van der Waals surface area contributed by atoms with Gasteiger partial charge in [0.05, 0.1) is 6.61 Å². The lowest BCUT2D eigenvalue weighted by Crippen LogP contribution is -2.57. The summed E-state index contributed by atoms with van der Waals surface area (Å²) in [5, 5.41) is 41.9. The van der Waals surface area contributed by atoms with Gasteiger partial charge in [0, 0.05) is 0 Å². The molecule has 0 saturated carbocycles. The molecule has 0 aliphatic carbocycles. The van der Waals surface area contributed by atoms with Crippen LogP contribution in [0.2, 0.25) is 0 Å². The number of nitrogens with zero attached hydrogens (tertiary/aromatic N) is 1. The van der Waals surface area contributed by atoms with E-state index in [2.05, 4.69) is 16.0 Å². The summed E-state index contributed by atoms with van der Waals surface area (Å²) >= 11 is 0.750.